The molecule has 3 atom stereocenters. The van der Waals surface area contributed by atoms with Crippen molar-refractivity contribution >= 4 is 5.82 Å². The molecule has 0 amide bonds. The van der Waals surface area contributed by atoms with Crippen molar-refractivity contribution < 1.29 is 18.6 Å². The predicted octanol–water partition coefficient (Wildman–Crippen LogP) is 1.84. The van der Waals surface area contributed by atoms with Gasteiger partial charge in [-0.25, -0.2) is 18.6 Å². The summed E-state index contributed by atoms with van der Waals surface area (Å²) in [5.74, 6) is -3.76. The second kappa shape index (κ2) is 6.10. The highest BCUT2D eigenvalue weighted by Crippen LogP contribution is 2.48. The Labute approximate surface area is 137 Å². The third-order valence-corrected chi connectivity index (χ3v) is 4.39. The topological polar surface area (TPSA) is 101 Å². The Hall–Kier alpha value is -2.06. The molecule has 0 spiro atoms. The number of H-pyrrole nitrogens is 1. The highest BCUT2D eigenvalue weighted by molar-refractivity contribution is 5.40. The summed E-state index contributed by atoms with van der Waals surface area (Å²) in [6.45, 7) is 1.94. The maximum atomic E-state index is 14.5. The van der Waals surface area contributed by atoms with Crippen molar-refractivity contribution in [3.05, 3.63) is 45.5 Å². The standard InChI is InChI=1S/C16H19F2N3O3/c1-8-3-2-4-9(5-8)6-11-12(22)16(17,18)13(24-11)10-7-20-15(23)21-14(10)19/h3,5,7,11-13,22H,2,4,6H2,1H3,(H3,19,20,21,23)/t11-,12-,13-/m1/s1. The number of aliphatic hydroxyl groups excluding tert-OH is 1. The van der Waals surface area contributed by atoms with E-state index in [0.717, 1.165) is 30.2 Å². The van der Waals surface area contributed by atoms with E-state index in [9.17, 15) is 18.7 Å². The normalized spacial score (nSPS) is 29.2. The van der Waals surface area contributed by atoms with Crippen molar-refractivity contribution in [1.82, 2.24) is 9.97 Å². The molecule has 24 heavy (non-hydrogen) atoms. The number of aliphatic hydroxyl groups is 1. The van der Waals surface area contributed by atoms with E-state index in [1.807, 2.05) is 13.0 Å². The second-order valence-corrected chi connectivity index (χ2v) is 6.22. The maximum absolute atomic E-state index is 14.5. The molecule has 0 bridgehead atoms. The van der Waals surface area contributed by atoms with Gasteiger partial charge in [-0.2, -0.15) is 0 Å². The van der Waals surface area contributed by atoms with E-state index in [4.69, 9.17) is 10.5 Å². The average Bonchev–Trinajstić information content (AvgIpc) is 2.71. The van der Waals surface area contributed by atoms with E-state index >= 15 is 0 Å². The lowest BCUT2D eigenvalue weighted by Crippen LogP contribution is -2.37. The molecule has 1 saturated heterocycles. The fourth-order valence-corrected chi connectivity index (χ4v) is 3.17. The highest BCUT2D eigenvalue weighted by Gasteiger charge is 2.59. The molecule has 1 aliphatic carbocycles. The quantitative estimate of drug-likeness (QED) is 0.780. The molecule has 1 aromatic heterocycles. The number of alkyl halides is 2. The fourth-order valence-electron chi connectivity index (χ4n) is 3.17. The molecular formula is C16H19F2N3O3. The summed E-state index contributed by atoms with van der Waals surface area (Å²) >= 11 is 0. The summed E-state index contributed by atoms with van der Waals surface area (Å²) in [4.78, 5) is 16.7. The molecule has 1 aliphatic heterocycles. The number of ether oxygens (including phenoxy) is 1. The molecule has 0 saturated carbocycles. The molecule has 0 aromatic carbocycles. The first-order valence-electron chi connectivity index (χ1n) is 7.71. The lowest BCUT2D eigenvalue weighted by atomic mass is 9.93. The second-order valence-electron chi connectivity index (χ2n) is 6.22. The van der Waals surface area contributed by atoms with Crippen molar-refractivity contribution in [1.29, 1.82) is 0 Å². The number of aromatic amines is 1. The number of nitrogens with two attached hydrogens (primary N) is 1. The molecule has 6 nitrogen and oxygen atoms in total. The van der Waals surface area contributed by atoms with Gasteiger partial charge in [0.2, 0.25) is 0 Å². The summed E-state index contributed by atoms with van der Waals surface area (Å²) in [6.07, 6.45) is 2.03. The van der Waals surface area contributed by atoms with E-state index < -0.39 is 29.9 Å². The van der Waals surface area contributed by atoms with E-state index in [-0.39, 0.29) is 17.8 Å². The number of nitrogens with zero attached hydrogens (tertiary/aromatic N) is 1. The van der Waals surface area contributed by atoms with Crippen LogP contribution in [0, 0.1) is 0 Å². The minimum Gasteiger partial charge on any atom is -0.385 e. The third kappa shape index (κ3) is 2.99. The molecule has 4 N–H and O–H groups in total. The minimum absolute atomic E-state index is 0.130. The zero-order valence-corrected chi connectivity index (χ0v) is 13.1. The van der Waals surface area contributed by atoms with Crippen LogP contribution in [-0.4, -0.2) is 33.2 Å². The number of nitrogen functional groups attached to an aromatic ring is 1. The van der Waals surface area contributed by atoms with Crippen LogP contribution in [0.25, 0.3) is 0 Å². The van der Waals surface area contributed by atoms with Gasteiger partial charge in [-0.1, -0.05) is 23.3 Å². The summed E-state index contributed by atoms with van der Waals surface area (Å²) in [7, 11) is 0. The Kier molecular flexibility index (Phi) is 4.27. The molecule has 0 unspecified atom stereocenters. The molecular weight excluding hydrogens is 320 g/mol. The average molecular weight is 339 g/mol. The first-order valence-corrected chi connectivity index (χ1v) is 7.71. The maximum Gasteiger partial charge on any atom is 0.346 e. The highest BCUT2D eigenvalue weighted by atomic mass is 19.3. The van der Waals surface area contributed by atoms with E-state index in [1.165, 1.54) is 0 Å². The van der Waals surface area contributed by atoms with Crippen molar-refractivity contribution in [2.45, 2.75) is 50.4 Å². The lowest BCUT2D eigenvalue weighted by molar-refractivity contribution is -0.113. The van der Waals surface area contributed by atoms with E-state index in [1.54, 1.807) is 0 Å². The smallest absolute Gasteiger partial charge is 0.346 e. The Morgan fingerprint density at radius 1 is 1.54 bits per heavy atom. The minimum atomic E-state index is -3.53. The molecule has 0 radical (unpaired) electrons. The Morgan fingerprint density at radius 2 is 2.29 bits per heavy atom. The molecule has 2 heterocycles. The summed E-state index contributed by atoms with van der Waals surface area (Å²) in [6, 6.07) is 0. The van der Waals surface area contributed by atoms with Gasteiger partial charge in [-0.05, 0) is 26.2 Å². The zero-order chi connectivity index (χ0) is 17.5. The summed E-state index contributed by atoms with van der Waals surface area (Å²) in [5, 5.41) is 10.0. The van der Waals surface area contributed by atoms with Gasteiger partial charge in [-0.15, -0.1) is 0 Å². The van der Waals surface area contributed by atoms with Crippen molar-refractivity contribution in [2.24, 2.45) is 0 Å². The molecule has 3 rings (SSSR count). The SMILES string of the molecule is CC1=CCCC(C[C@H]2O[C@H](c3cnc(=O)[nH]c3N)C(F)(F)[C@@H]2O)=C1. The van der Waals surface area contributed by atoms with Gasteiger partial charge in [0.1, 0.15) is 11.9 Å². The Balaban J connectivity index is 1.85. The van der Waals surface area contributed by atoms with Crippen LogP contribution in [0.3, 0.4) is 0 Å². The molecule has 130 valence electrons. The lowest BCUT2D eigenvalue weighted by Gasteiger charge is -2.20. The van der Waals surface area contributed by atoms with Gasteiger partial charge in [0.15, 0.2) is 6.10 Å². The Morgan fingerprint density at radius 3 is 2.96 bits per heavy atom. The van der Waals surface area contributed by atoms with Crippen LogP contribution in [-0.2, 0) is 4.74 Å². The molecule has 8 heteroatoms. The number of aromatic nitrogens is 2. The van der Waals surface area contributed by atoms with Gasteiger partial charge in [0, 0.05) is 11.8 Å². The molecule has 1 aromatic rings. The van der Waals surface area contributed by atoms with Crippen LogP contribution >= 0.6 is 0 Å². The third-order valence-electron chi connectivity index (χ3n) is 4.39. The largest absolute Gasteiger partial charge is 0.385 e. The summed E-state index contributed by atoms with van der Waals surface area (Å²) in [5.41, 5.74) is 6.78. The molecule has 1 fully saturated rings. The van der Waals surface area contributed by atoms with Gasteiger partial charge in [0.05, 0.1) is 6.10 Å². The van der Waals surface area contributed by atoms with Gasteiger partial charge >= 0.3 is 11.6 Å². The van der Waals surface area contributed by atoms with Crippen molar-refractivity contribution in [2.75, 3.05) is 5.73 Å². The van der Waals surface area contributed by atoms with E-state index in [0.29, 0.717) is 0 Å². The van der Waals surface area contributed by atoms with Gasteiger partial charge in [-0.3, -0.25) is 4.98 Å². The van der Waals surface area contributed by atoms with Crippen LogP contribution in [0.2, 0.25) is 0 Å². The van der Waals surface area contributed by atoms with E-state index in [2.05, 4.69) is 16.0 Å². The van der Waals surface area contributed by atoms with Gasteiger partial charge < -0.3 is 15.6 Å². The van der Waals surface area contributed by atoms with Gasteiger partial charge in [0.25, 0.3) is 0 Å². The first-order chi connectivity index (χ1) is 11.3. The van der Waals surface area contributed by atoms with Crippen molar-refractivity contribution in [3.63, 3.8) is 0 Å². The fraction of sp³-hybridized carbons (Fsp3) is 0.500. The van der Waals surface area contributed by atoms with Crippen LogP contribution in [0.1, 0.15) is 37.9 Å². The van der Waals surface area contributed by atoms with Crippen LogP contribution in [0.4, 0.5) is 14.6 Å². The number of allylic oxidation sites excluding steroid dienone is 3. The monoisotopic (exact) mass is 339 g/mol. The van der Waals surface area contributed by atoms with Crippen LogP contribution < -0.4 is 11.4 Å². The Bertz CT molecular complexity index is 757. The summed E-state index contributed by atoms with van der Waals surface area (Å²) < 4.78 is 34.4. The number of rotatable bonds is 3. The molecule has 2 aliphatic rings. The predicted molar refractivity (Wildman–Crippen MR) is 83.5 cm³/mol. The number of hydrogen-bond donors (Lipinski definition) is 3. The zero-order valence-electron chi connectivity index (χ0n) is 13.1. The first kappa shape index (κ1) is 16.8. The number of nitrogens with one attached hydrogen (secondary N) is 1. The van der Waals surface area contributed by atoms with Crippen LogP contribution in [0.15, 0.2) is 34.3 Å². The number of halogens is 2. The number of hydrogen-bond acceptors (Lipinski definition) is 5. The van der Waals surface area contributed by atoms with Crippen LogP contribution in [0.5, 0.6) is 0 Å². The van der Waals surface area contributed by atoms with Crippen molar-refractivity contribution in [3.8, 4) is 0 Å². The number of anilines is 1.